The van der Waals surface area contributed by atoms with Crippen molar-refractivity contribution < 1.29 is 14.3 Å². The van der Waals surface area contributed by atoms with E-state index in [9.17, 15) is 4.79 Å². The first-order valence-corrected chi connectivity index (χ1v) is 8.69. The summed E-state index contributed by atoms with van der Waals surface area (Å²) in [5.74, 6) is 1.34. The Hall–Kier alpha value is -3.02. The van der Waals surface area contributed by atoms with Crippen molar-refractivity contribution in [1.82, 2.24) is 5.43 Å². The van der Waals surface area contributed by atoms with Gasteiger partial charge in [0.15, 0.2) is 11.5 Å². The number of ether oxygens (including phenoxy) is 2. The number of nitrogens with zero attached hydrogens (tertiary/aromatic N) is 1. The van der Waals surface area contributed by atoms with Gasteiger partial charge in [-0.25, -0.2) is 10.2 Å². The number of hydrogen-bond acceptors (Lipinski definition) is 4. The summed E-state index contributed by atoms with van der Waals surface area (Å²) in [6, 6.07) is 14.3. The number of carbonyl (C=O) groups is 1. The van der Waals surface area contributed by atoms with Crippen LogP contribution in [0.25, 0.3) is 0 Å². The minimum Gasteiger partial charge on any atom is -0.493 e. The van der Waals surface area contributed by atoms with Crippen LogP contribution in [-0.4, -0.2) is 26.0 Å². The maximum absolute atomic E-state index is 11.8. The van der Waals surface area contributed by atoms with Gasteiger partial charge in [0.25, 0.3) is 0 Å². The zero-order valence-corrected chi connectivity index (χ0v) is 15.2. The lowest BCUT2D eigenvalue weighted by Crippen LogP contribution is -2.24. The molecule has 6 heteroatoms. The number of nitrogens with one attached hydrogen (secondary N) is 2. The molecule has 6 nitrogen and oxygen atoms in total. The number of para-hydroxylation sites is 1. The normalized spacial score (nSPS) is 10.5. The predicted molar refractivity (Wildman–Crippen MR) is 104 cm³/mol. The van der Waals surface area contributed by atoms with Crippen LogP contribution in [0.1, 0.15) is 31.7 Å². The van der Waals surface area contributed by atoms with Gasteiger partial charge in [-0.1, -0.05) is 38.0 Å². The van der Waals surface area contributed by atoms with E-state index in [-0.39, 0.29) is 0 Å². The van der Waals surface area contributed by atoms with Crippen LogP contribution in [0.2, 0.25) is 0 Å². The second-order valence-corrected chi connectivity index (χ2v) is 5.66. The van der Waals surface area contributed by atoms with Crippen molar-refractivity contribution in [2.24, 2.45) is 5.10 Å². The highest BCUT2D eigenvalue weighted by molar-refractivity contribution is 5.90. The second kappa shape index (κ2) is 10.8. The molecule has 2 N–H and O–H groups in total. The maximum Gasteiger partial charge on any atom is 0.339 e. The van der Waals surface area contributed by atoms with Crippen LogP contribution in [0, 0.1) is 0 Å². The fourth-order valence-corrected chi connectivity index (χ4v) is 2.26. The fraction of sp³-hybridized carbons (Fsp3) is 0.300. The highest BCUT2D eigenvalue weighted by Crippen LogP contribution is 2.27. The van der Waals surface area contributed by atoms with Crippen LogP contribution < -0.4 is 20.2 Å². The molecule has 0 aromatic heterocycles. The van der Waals surface area contributed by atoms with E-state index in [4.69, 9.17) is 9.47 Å². The van der Waals surface area contributed by atoms with Crippen molar-refractivity contribution in [2.45, 2.75) is 26.2 Å². The van der Waals surface area contributed by atoms with Gasteiger partial charge in [0, 0.05) is 5.69 Å². The Kier molecular flexibility index (Phi) is 7.99. The monoisotopic (exact) mass is 355 g/mol. The SMILES string of the molecule is CCCCCOc1ccc(/C=N/NC(=O)Nc2ccccc2)cc1OC. The molecule has 0 unspecified atom stereocenters. The van der Waals surface area contributed by atoms with Crippen LogP contribution in [0.5, 0.6) is 11.5 Å². The van der Waals surface area contributed by atoms with Gasteiger partial charge in [-0.15, -0.1) is 0 Å². The Morgan fingerprint density at radius 1 is 1.12 bits per heavy atom. The standard InChI is InChI=1S/C20H25N3O3/c1-3-4-8-13-26-18-12-11-16(14-19(18)25-2)15-21-23-20(24)22-17-9-6-5-7-10-17/h5-7,9-12,14-15H,3-4,8,13H2,1-2H3,(H2,22,23,24)/b21-15+. The molecule has 0 fully saturated rings. The van der Waals surface area contributed by atoms with E-state index in [1.54, 1.807) is 25.5 Å². The summed E-state index contributed by atoms with van der Waals surface area (Å²) in [5, 5.41) is 6.63. The van der Waals surface area contributed by atoms with E-state index in [0.29, 0.717) is 23.8 Å². The van der Waals surface area contributed by atoms with E-state index >= 15 is 0 Å². The summed E-state index contributed by atoms with van der Waals surface area (Å²) < 4.78 is 11.1. The first-order chi connectivity index (χ1) is 12.7. The van der Waals surface area contributed by atoms with Gasteiger partial charge < -0.3 is 14.8 Å². The summed E-state index contributed by atoms with van der Waals surface area (Å²) in [6.45, 7) is 2.82. The molecular formula is C20H25N3O3. The van der Waals surface area contributed by atoms with Gasteiger partial charge in [-0.3, -0.25) is 0 Å². The summed E-state index contributed by atoms with van der Waals surface area (Å²) in [4.78, 5) is 11.8. The van der Waals surface area contributed by atoms with Crippen LogP contribution in [0.3, 0.4) is 0 Å². The molecule has 0 saturated heterocycles. The highest BCUT2D eigenvalue weighted by atomic mass is 16.5. The minimum atomic E-state index is -0.407. The van der Waals surface area contributed by atoms with E-state index in [2.05, 4.69) is 22.8 Å². The number of rotatable bonds is 9. The second-order valence-electron chi connectivity index (χ2n) is 5.66. The van der Waals surface area contributed by atoms with Gasteiger partial charge in [0.1, 0.15) is 0 Å². The molecule has 0 radical (unpaired) electrons. The topological polar surface area (TPSA) is 72.0 Å². The molecule has 2 rings (SSSR count). The lowest BCUT2D eigenvalue weighted by molar-refractivity contribution is 0.252. The zero-order chi connectivity index (χ0) is 18.6. The van der Waals surface area contributed by atoms with E-state index in [1.807, 2.05) is 36.4 Å². The molecule has 2 amide bonds. The largest absolute Gasteiger partial charge is 0.493 e. The third-order valence-electron chi connectivity index (χ3n) is 3.60. The Morgan fingerprint density at radius 3 is 2.65 bits per heavy atom. The average molecular weight is 355 g/mol. The van der Waals surface area contributed by atoms with Gasteiger partial charge in [-0.2, -0.15) is 5.10 Å². The molecule has 2 aromatic carbocycles. The summed E-state index contributed by atoms with van der Waals surface area (Å²) in [5.41, 5.74) is 3.92. The average Bonchev–Trinajstić information content (AvgIpc) is 2.66. The van der Waals surface area contributed by atoms with Crippen LogP contribution >= 0.6 is 0 Å². The van der Waals surface area contributed by atoms with E-state index < -0.39 is 6.03 Å². The van der Waals surface area contributed by atoms with Gasteiger partial charge in [-0.05, 0) is 42.3 Å². The number of unbranched alkanes of at least 4 members (excludes halogenated alkanes) is 2. The van der Waals surface area contributed by atoms with Crippen molar-refractivity contribution in [2.75, 3.05) is 19.0 Å². The minimum absolute atomic E-state index is 0.407. The van der Waals surface area contributed by atoms with Crippen molar-refractivity contribution in [3.8, 4) is 11.5 Å². The number of amides is 2. The van der Waals surface area contributed by atoms with Crippen molar-refractivity contribution >= 4 is 17.9 Å². The smallest absolute Gasteiger partial charge is 0.339 e. The first kappa shape index (κ1) is 19.3. The predicted octanol–water partition coefficient (Wildman–Crippen LogP) is 4.42. The fourth-order valence-electron chi connectivity index (χ4n) is 2.26. The Morgan fingerprint density at radius 2 is 1.92 bits per heavy atom. The maximum atomic E-state index is 11.8. The number of benzene rings is 2. The number of carbonyl (C=O) groups excluding carboxylic acids is 1. The van der Waals surface area contributed by atoms with Crippen molar-refractivity contribution in [3.05, 3.63) is 54.1 Å². The number of hydrogen-bond donors (Lipinski definition) is 2. The summed E-state index contributed by atoms with van der Waals surface area (Å²) in [6.07, 6.45) is 4.86. The van der Waals surface area contributed by atoms with Gasteiger partial charge in [0.2, 0.25) is 0 Å². The molecule has 26 heavy (non-hydrogen) atoms. The molecule has 0 aliphatic rings. The number of urea groups is 1. The van der Waals surface area contributed by atoms with Gasteiger partial charge >= 0.3 is 6.03 Å². The molecule has 0 aliphatic heterocycles. The van der Waals surface area contributed by atoms with Crippen molar-refractivity contribution in [1.29, 1.82) is 0 Å². The quantitative estimate of drug-likeness (QED) is 0.397. The molecule has 0 atom stereocenters. The van der Waals surface area contributed by atoms with Crippen LogP contribution in [0.4, 0.5) is 10.5 Å². The molecule has 0 heterocycles. The third kappa shape index (κ3) is 6.47. The molecule has 0 spiro atoms. The lowest BCUT2D eigenvalue weighted by atomic mass is 10.2. The lowest BCUT2D eigenvalue weighted by Gasteiger charge is -2.11. The summed E-state index contributed by atoms with van der Waals surface area (Å²) in [7, 11) is 1.60. The number of methoxy groups -OCH3 is 1. The van der Waals surface area contributed by atoms with Crippen LogP contribution in [0.15, 0.2) is 53.6 Å². The van der Waals surface area contributed by atoms with Crippen LogP contribution in [-0.2, 0) is 0 Å². The first-order valence-electron chi connectivity index (χ1n) is 8.69. The van der Waals surface area contributed by atoms with E-state index in [0.717, 1.165) is 24.8 Å². The third-order valence-corrected chi connectivity index (χ3v) is 3.60. The Balaban J connectivity index is 1.88. The molecule has 0 bridgehead atoms. The van der Waals surface area contributed by atoms with E-state index in [1.165, 1.54) is 0 Å². The van der Waals surface area contributed by atoms with Gasteiger partial charge in [0.05, 0.1) is 19.9 Å². The molecular weight excluding hydrogens is 330 g/mol. The Bertz CT molecular complexity index is 717. The number of hydrazone groups is 1. The number of anilines is 1. The molecule has 138 valence electrons. The summed E-state index contributed by atoms with van der Waals surface area (Å²) >= 11 is 0. The Labute approximate surface area is 154 Å². The molecule has 2 aromatic rings. The molecule has 0 aliphatic carbocycles. The van der Waals surface area contributed by atoms with Crippen molar-refractivity contribution in [3.63, 3.8) is 0 Å². The zero-order valence-electron chi connectivity index (χ0n) is 15.2. The molecule has 0 saturated carbocycles. The highest BCUT2D eigenvalue weighted by Gasteiger charge is 2.05.